The van der Waals surface area contributed by atoms with Crippen molar-refractivity contribution in [2.75, 3.05) is 0 Å². The number of halogens is 2. The number of hydrogen-bond acceptors (Lipinski definition) is 0. The van der Waals surface area contributed by atoms with Crippen molar-refractivity contribution < 1.29 is 8.78 Å². The number of fused-ring (bicyclic) bond motifs is 2. The van der Waals surface area contributed by atoms with Gasteiger partial charge >= 0.3 is 0 Å². The zero-order chi connectivity index (χ0) is 21.6. The summed E-state index contributed by atoms with van der Waals surface area (Å²) >= 11 is 0. The maximum absolute atomic E-state index is 15.6. The molecule has 0 aromatic heterocycles. The molecule has 172 valence electrons. The Kier molecular flexibility index (Phi) is 8.24. The van der Waals surface area contributed by atoms with Crippen LogP contribution in [0.25, 0.3) is 0 Å². The van der Waals surface area contributed by atoms with Crippen LogP contribution >= 0.6 is 0 Å². The largest absolute Gasteiger partial charge is 0.216 e. The Morgan fingerprint density at radius 3 is 2.58 bits per heavy atom. The van der Waals surface area contributed by atoms with Crippen LogP contribution < -0.4 is 0 Å². The van der Waals surface area contributed by atoms with Gasteiger partial charge in [0.25, 0.3) is 0 Å². The first-order valence-corrected chi connectivity index (χ1v) is 13.3. The Morgan fingerprint density at radius 1 is 0.935 bits per heavy atom. The smallest absolute Gasteiger partial charge is 0.130 e. The highest BCUT2D eigenvalue weighted by atomic mass is 19.1. The average molecular weight is 429 g/mol. The molecule has 0 bridgehead atoms. The summed E-state index contributed by atoms with van der Waals surface area (Å²) in [5.41, 5.74) is 3.33. The molecule has 3 aliphatic carbocycles. The monoisotopic (exact) mass is 428 g/mol. The van der Waals surface area contributed by atoms with Gasteiger partial charge in [-0.3, -0.25) is 0 Å². The Bertz CT molecular complexity index is 736. The lowest BCUT2D eigenvalue weighted by molar-refractivity contribution is 0.132. The van der Waals surface area contributed by atoms with Gasteiger partial charge < -0.3 is 0 Å². The highest BCUT2D eigenvalue weighted by molar-refractivity contribution is 5.38. The van der Waals surface area contributed by atoms with E-state index in [2.05, 4.69) is 19.1 Å². The van der Waals surface area contributed by atoms with Crippen LogP contribution in [0, 0.1) is 29.5 Å². The highest BCUT2D eigenvalue weighted by Crippen LogP contribution is 2.48. The second-order valence-corrected chi connectivity index (χ2v) is 10.8. The maximum atomic E-state index is 15.6. The first kappa shape index (κ1) is 23.0. The van der Waals surface area contributed by atoms with Gasteiger partial charge in [0.2, 0.25) is 0 Å². The lowest BCUT2D eigenvalue weighted by atomic mass is 9.63. The van der Waals surface area contributed by atoms with Crippen LogP contribution in [0.1, 0.15) is 113 Å². The predicted octanol–water partition coefficient (Wildman–Crippen LogP) is 9.07. The van der Waals surface area contributed by atoms with Gasteiger partial charge in [-0.1, -0.05) is 63.7 Å². The van der Waals surface area contributed by atoms with Gasteiger partial charge in [-0.05, 0) is 104 Å². The van der Waals surface area contributed by atoms with E-state index in [0.29, 0.717) is 23.7 Å². The normalized spacial score (nSPS) is 30.9. The summed E-state index contributed by atoms with van der Waals surface area (Å²) in [6, 6.07) is 4.41. The van der Waals surface area contributed by atoms with Gasteiger partial charge in [-0.15, -0.1) is 0 Å². The fraction of sp³-hybridized carbons (Fsp3) is 0.724. The molecule has 1 aromatic carbocycles. The predicted molar refractivity (Wildman–Crippen MR) is 126 cm³/mol. The first-order chi connectivity index (χ1) is 15.2. The van der Waals surface area contributed by atoms with Gasteiger partial charge in [0.15, 0.2) is 0 Å². The molecule has 2 fully saturated rings. The fourth-order valence-electron chi connectivity index (χ4n) is 6.99. The van der Waals surface area contributed by atoms with Crippen molar-refractivity contribution in [2.24, 2.45) is 23.7 Å². The third kappa shape index (κ3) is 5.60. The minimum atomic E-state index is 0.136. The number of allylic oxidation sites excluding steroid dienone is 1. The molecule has 0 nitrogen and oxygen atoms in total. The van der Waals surface area contributed by atoms with Crippen LogP contribution in [0.4, 0.5) is 8.78 Å². The Balaban J connectivity index is 1.34. The number of rotatable bonds is 8. The minimum Gasteiger partial charge on any atom is -0.216 e. The van der Waals surface area contributed by atoms with Crippen LogP contribution in [0.2, 0.25) is 0 Å². The van der Waals surface area contributed by atoms with Crippen molar-refractivity contribution >= 4 is 0 Å². The van der Waals surface area contributed by atoms with Crippen molar-refractivity contribution in [2.45, 2.75) is 109 Å². The fourth-order valence-corrected chi connectivity index (χ4v) is 6.99. The third-order valence-corrected chi connectivity index (χ3v) is 8.84. The van der Waals surface area contributed by atoms with Gasteiger partial charge in [-0.25, -0.2) is 8.78 Å². The summed E-state index contributed by atoms with van der Waals surface area (Å²) in [6.45, 7) is 2.27. The van der Waals surface area contributed by atoms with E-state index in [1.165, 1.54) is 63.4 Å². The standard InChI is InChI=1S/C29H42F2/c1-2-3-4-5-6-7-21-9-14-27-25(19-21)13-15-28(29(27)31)26-12-11-23-18-22(16-17-30)8-10-24(23)20-26/h13,15-17,21-24,26H,2-12,14,18-20H2,1H3/b17-16+. The summed E-state index contributed by atoms with van der Waals surface area (Å²) in [5, 5.41) is 0. The molecular formula is C29H42F2. The van der Waals surface area contributed by atoms with Gasteiger partial charge in [-0.2, -0.15) is 0 Å². The first-order valence-electron chi connectivity index (χ1n) is 13.3. The molecule has 2 saturated carbocycles. The number of benzene rings is 1. The summed E-state index contributed by atoms with van der Waals surface area (Å²) in [5.74, 6) is 3.11. The van der Waals surface area contributed by atoms with Crippen molar-refractivity contribution in [1.29, 1.82) is 0 Å². The van der Waals surface area contributed by atoms with Crippen LogP contribution in [0.5, 0.6) is 0 Å². The Labute approximate surface area is 188 Å². The molecule has 31 heavy (non-hydrogen) atoms. The zero-order valence-corrected chi connectivity index (χ0v) is 19.6. The molecule has 0 N–H and O–H groups in total. The van der Waals surface area contributed by atoms with E-state index in [0.717, 1.165) is 61.9 Å². The Hall–Kier alpha value is -1.18. The molecule has 0 spiro atoms. The van der Waals surface area contributed by atoms with Crippen LogP contribution in [0.15, 0.2) is 24.5 Å². The molecule has 5 atom stereocenters. The SMILES string of the molecule is CCCCCCCC1CCc2c(ccc(C3CCC4CC(/C=C/F)CCC4C3)c2F)C1. The summed E-state index contributed by atoms with van der Waals surface area (Å²) in [4.78, 5) is 0. The zero-order valence-electron chi connectivity index (χ0n) is 19.6. The van der Waals surface area contributed by atoms with E-state index in [1.807, 2.05) is 0 Å². The molecular weight excluding hydrogens is 386 g/mol. The molecule has 0 amide bonds. The molecule has 0 aliphatic heterocycles. The number of unbranched alkanes of at least 4 members (excludes halogenated alkanes) is 4. The molecule has 0 saturated heterocycles. The second-order valence-electron chi connectivity index (χ2n) is 10.8. The molecule has 5 unspecified atom stereocenters. The Morgan fingerprint density at radius 2 is 1.74 bits per heavy atom. The van der Waals surface area contributed by atoms with Crippen molar-refractivity contribution in [1.82, 2.24) is 0 Å². The lowest BCUT2D eigenvalue weighted by Gasteiger charge is -2.42. The van der Waals surface area contributed by atoms with Gasteiger partial charge in [0, 0.05) is 0 Å². The van der Waals surface area contributed by atoms with E-state index in [1.54, 1.807) is 6.08 Å². The lowest BCUT2D eigenvalue weighted by Crippen LogP contribution is -2.30. The molecule has 0 heterocycles. The van der Waals surface area contributed by atoms with E-state index < -0.39 is 0 Å². The van der Waals surface area contributed by atoms with E-state index in [9.17, 15) is 4.39 Å². The minimum absolute atomic E-state index is 0.136. The van der Waals surface area contributed by atoms with Gasteiger partial charge in [0.05, 0.1) is 6.33 Å². The van der Waals surface area contributed by atoms with Crippen molar-refractivity contribution in [3.63, 3.8) is 0 Å². The second kappa shape index (κ2) is 11.1. The van der Waals surface area contributed by atoms with Crippen LogP contribution in [0.3, 0.4) is 0 Å². The average Bonchev–Trinajstić information content (AvgIpc) is 2.79. The van der Waals surface area contributed by atoms with Crippen LogP contribution in [-0.4, -0.2) is 0 Å². The summed E-state index contributed by atoms with van der Waals surface area (Å²) < 4.78 is 28.2. The quantitative estimate of drug-likeness (QED) is 0.362. The molecule has 4 rings (SSSR count). The number of hydrogen-bond donors (Lipinski definition) is 0. The van der Waals surface area contributed by atoms with Crippen molar-refractivity contribution in [3.8, 4) is 0 Å². The van der Waals surface area contributed by atoms with E-state index >= 15 is 4.39 Å². The van der Waals surface area contributed by atoms with E-state index in [-0.39, 0.29) is 5.82 Å². The topological polar surface area (TPSA) is 0 Å². The molecule has 3 aliphatic rings. The van der Waals surface area contributed by atoms with Gasteiger partial charge in [0.1, 0.15) is 5.82 Å². The molecule has 2 heteroatoms. The van der Waals surface area contributed by atoms with Crippen LogP contribution in [-0.2, 0) is 12.8 Å². The molecule has 0 radical (unpaired) electrons. The third-order valence-electron chi connectivity index (χ3n) is 8.84. The molecule has 1 aromatic rings. The van der Waals surface area contributed by atoms with E-state index in [4.69, 9.17) is 0 Å². The summed E-state index contributed by atoms with van der Waals surface area (Å²) in [6.07, 6.45) is 20.5. The van der Waals surface area contributed by atoms with Crippen molar-refractivity contribution in [3.05, 3.63) is 47.0 Å². The summed E-state index contributed by atoms with van der Waals surface area (Å²) in [7, 11) is 0. The maximum Gasteiger partial charge on any atom is 0.130 e. The highest BCUT2D eigenvalue weighted by Gasteiger charge is 2.36.